The predicted octanol–water partition coefficient (Wildman–Crippen LogP) is 3.02. The Balaban J connectivity index is 1.65. The van der Waals surface area contributed by atoms with Gasteiger partial charge < -0.3 is 27.8 Å². The Morgan fingerprint density at radius 2 is 1.62 bits per heavy atom. The van der Waals surface area contributed by atoms with Crippen LogP contribution in [0.4, 0.5) is 5.69 Å². The second-order valence-electron chi connectivity index (χ2n) is 9.11. The third-order valence-corrected chi connectivity index (χ3v) is 6.23. The molecule has 1 heterocycles. The predicted molar refractivity (Wildman–Crippen MR) is 150 cm³/mol. The molecule has 0 radical (unpaired) electrons. The zero-order valence-electron chi connectivity index (χ0n) is 21.2. The summed E-state index contributed by atoms with van der Waals surface area (Å²) in [6.45, 7) is 1.12. The summed E-state index contributed by atoms with van der Waals surface area (Å²) in [4.78, 5) is 30.6. The Labute approximate surface area is 218 Å². The third kappa shape index (κ3) is 9.09. The number of hydrogen-bond donors (Lipinski definition) is 5. The monoisotopic (exact) mass is 502 g/mol. The molecular weight excluding hydrogens is 464 g/mol. The number of para-hydroxylation sites is 1. The van der Waals surface area contributed by atoms with Gasteiger partial charge in [-0.05, 0) is 69.3 Å². The van der Waals surface area contributed by atoms with Crippen molar-refractivity contribution < 1.29 is 9.59 Å². The van der Waals surface area contributed by atoms with Gasteiger partial charge in [0.2, 0.25) is 11.8 Å². The lowest BCUT2D eigenvalue weighted by atomic mass is 10.0. The van der Waals surface area contributed by atoms with Crippen molar-refractivity contribution >= 4 is 28.4 Å². The van der Waals surface area contributed by atoms with E-state index in [0.717, 1.165) is 29.3 Å². The van der Waals surface area contributed by atoms with Crippen molar-refractivity contribution in [2.45, 2.75) is 50.6 Å². The molecule has 1 aromatic heterocycles. The molecule has 2 aromatic carbocycles. The Morgan fingerprint density at radius 3 is 2.35 bits per heavy atom. The fourth-order valence-corrected chi connectivity index (χ4v) is 4.17. The van der Waals surface area contributed by atoms with Crippen LogP contribution in [0.25, 0.3) is 10.9 Å². The van der Waals surface area contributed by atoms with Crippen LogP contribution in [0.1, 0.15) is 37.7 Å². The van der Waals surface area contributed by atoms with Crippen molar-refractivity contribution in [3.05, 3.63) is 84.1 Å². The van der Waals surface area contributed by atoms with Gasteiger partial charge in [-0.1, -0.05) is 60.2 Å². The van der Waals surface area contributed by atoms with Crippen LogP contribution >= 0.6 is 0 Å². The fourth-order valence-electron chi connectivity index (χ4n) is 4.17. The zero-order valence-corrected chi connectivity index (χ0v) is 21.2. The molecule has 0 aliphatic carbocycles. The third-order valence-electron chi connectivity index (χ3n) is 6.23. The molecule has 0 saturated carbocycles. The van der Waals surface area contributed by atoms with Gasteiger partial charge in [-0.2, -0.15) is 0 Å². The van der Waals surface area contributed by atoms with Crippen LogP contribution in [0.3, 0.4) is 0 Å². The zero-order chi connectivity index (χ0) is 26.5. The number of aryl methyl sites for hydroxylation is 1. The van der Waals surface area contributed by atoms with Gasteiger partial charge in [-0.25, -0.2) is 0 Å². The summed E-state index contributed by atoms with van der Waals surface area (Å²) in [5.41, 5.74) is 21.2. The Morgan fingerprint density at radius 1 is 0.919 bits per heavy atom. The Bertz CT molecular complexity index is 1170. The molecule has 37 heavy (non-hydrogen) atoms. The number of amides is 2. The molecule has 0 fully saturated rings. The van der Waals surface area contributed by atoms with Gasteiger partial charge in [-0.15, -0.1) is 0 Å². The number of carbonyl (C=O) groups excluding carboxylic acids is 2. The minimum atomic E-state index is -0.745. The van der Waals surface area contributed by atoms with Crippen molar-refractivity contribution in [1.82, 2.24) is 10.3 Å². The van der Waals surface area contributed by atoms with E-state index in [-0.39, 0.29) is 11.8 Å². The number of nitrogens with zero attached hydrogens (tertiary/aromatic N) is 1. The molecular formula is C29H38N6O2. The summed E-state index contributed by atoms with van der Waals surface area (Å²) >= 11 is 0. The van der Waals surface area contributed by atoms with E-state index >= 15 is 0 Å². The summed E-state index contributed by atoms with van der Waals surface area (Å²) in [7, 11) is 0. The summed E-state index contributed by atoms with van der Waals surface area (Å²) in [5.74, 6) is -0.654. The molecule has 8 N–H and O–H groups in total. The number of pyridine rings is 1. The van der Waals surface area contributed by atoms with E-state index in [2.05, 4.69) is 21.7 Å². The summed E-state index contributed by atoms with van der Waals surface area (Å²) in [6.07, 6.45) is 7.43. The van der Waals surface area contributed by atoms with E-state index in [1.54, 1.807) is 6.20 Å². The van der Waals surface area contributed by atoms with Gasteiger partial charge in [0.15, 0.2) is 0 Å². The normalized spacial score (nSPS) is 12.5. The summed E-state index contributed by atoms with van der Waals surface area (Å²) in [5, 5.41) is 6.71. The number of nitrogens with one attached hydrogen (secondary N) is 2. The number of nitrogens with two attached hydrogens (primary N) is 3. The number of allylic oxidation sites excluding steroid dienone is 1. The SMILES string of the molecule is NCCC(=CCCC(N)C(=O)NC(CCc1ccccc1)C(=O)Nc1cnc2ccccc2c1)CCN. The van der Waals surface area contributed by atoms with Crippen LogP contribution in [0.2, 0.25) is 0 Å². The number of anilines is 1. The van der Waals surface area contributed by atoms with Gasteiger partial charge in [-0.3, -0.25) is 14.6 Å². The maximum atomic E-state index is 13.2. The van der Waals surface area contributed by atoms with Crippen LogP contribution in [-0.4, -0.2) is 42.0 Å². The summed E-state index contributed by atoms with van der Waals surface area (Å²) < 4.78 is 0. The van der Waals surface area contributed by atoms with Gasteiger partial charge in [0.1, 0.15) is 6.04 Å². The molecule has 0 spiro atoms. The molecule has 2 unspecified atom stereocenters. The lowest BCUT2D eigenvalue weighted by molar-refractivity contribution is -0.127. The van der Waals surface area contributed by atoms with Crippen molar-refractivity contribution in [3.63, 3.8) is 0 Å². The van der Waals surface area contributed by atoms with Crippen LogP contribution < -0.4 is 27.8 Å². The topological polar surface area (TPSA) is 149 Å². The number of rotatable bonds is 14. The second kappa shape index (κ2) is 14.8. The second-order valence-corrected chi connectivity index (χ2v) is 9.11. The van der Waals surface area contributed by atoms with Crippen molar-refractivity contribution in [2.75, 3.05) is 18.4 Å². The number of fused-ring (bicyclic) bond motifs is 1. The molecule has 3 rings (SSSR count). The first-order valence-electron chi connectivity index (χ1n) is 12.8. The molecule has 2 atom stereocenters. The first-order valence-corrected chi connectivity index (χ1v) is 12.8. The molecule has 0 aliphatic heterocycles. The van der Waals surface area contributed by atoms with Crippen molar-refractivity contribution in [3.8, 4) is 0 Å². The van der Waals surface area contributed by atoms with Crippen molar-refractivity contribution in [1.29, 1.82) is 0 Å². The highest BCUT2D eigenvalue weighted by Crippen LogP contribution is 2.17. The molecule has 8 heteroatoms. The lowest BCUT2D eigenvalue weighted by Gasteiger charge is -2.21. The largest absolute Gasteiger partial charge is 0.343 e. The van der Waals surface area contributed by atoms with Crippen molar-refractivity contribution in [2.24, 2.45) is 17.2 Å². The molecule has 3 aromatic rings. The highest BCUT2D eigenvalue weighted by molar-refractivity contribution is 5.98. The van der Waals surface area contributed by atoms with E-state index in [1.165, 1.54) is 5.57 Å². The first kappa shape index (κ1) is 28.0. The highest BCUT2D eigenvalue weighted by Gasteiger charge is 2.24. The number of benzene rings is 2. The van der Waals surface area contributed by atoms with Crippen LogP contribution in [0.15, 0.2) is 78.5 Å². The lowest BCUT2D eigenvalue weighted by Crippen LogP contribution is -2.50. The quantitative estimate of drug-likeness (QED) is 0.214. The van der Waals surface area contributed by atoms with Gasteiger partial charge in [0.05, 0.1) is 23.4 Å². The van der Waals surface area contributed by atoms with E-state index in [9.17, 15) is 9.59 Å². The Hall–Kier alpha value is -3.59. The average molecular weight is 503 g/mol. The average Bonchev–Trinajstić information content (AvgIpc) is 2.91. The first-order chi connectivity index (χ1) is 18.0. The van der Waals surface area contributed by atoms with E-state index in [1.807, 2.05) is 60.7 Å². The number of hydrogen-bond acceptors (Lipinski definition) is 6. The minimum absolute atomic E-state index is 0.304. The number of aromatic nitrogens is 1. The molecule has 2 amide bonds. The molecule has 196 valence electrons. The highest BCUT2D eigenvalue weighted by atomic mass is 16.2. The van der Waals surface area contributed by atoms with Gasteiger partial charge in [0, 0.05) is 5.39 Å². The van der Waals surface area contributed by atoms with E-state index in [0.29, 0.717) is 44.5 Å². The molecule has 0 saturated heterocycles. The standard InChI is InChI=1S/C29H38N6O2/c30-17-15-22(16-18-31)9-6-11-25(32)28(36)35-27(14-13-21-7-2-1-3-8-21)29(37)34-24-19-23-10-4-5-12-26(23)33-20-24/h1-5,7-10,12,19-20,25,27H,6,11,13-18,30-32H2,(H,34,37)(H,35,36). The Kier molecular flexibility index (Phi) is 11.2. The van der Waals surface area contributed by atoms with E-state index < -0.39 is 12.1 Å². The maximum Gasteiger partial charge on any atom is 0.247 e. The maximum absolute atomic E-state index is 13.2. The number of carbonyl (C=O) groups is 2. The van der Waals surface area contributed by atoms with Gasteiger partial charge in [0.25, 0.3) is 0 Å². The van der Waals surface area contributed by atoms with Crippen LogP contribution in [-0.2, 0) is 16.0 Å². The van der Waals surface area contributed by atoms with E-state index in [4.69, 9.17) is 17.2 Å². The summed E-state index contributed by atoms with van der Waals surface area (Å²) in [6, 6.07) is 17.9. The molecule has 8 nitrogen and oxygen atoms in total. The van der Waals surface area contributed by atoms with Crippen LogP contribution in [0, 0.1) is 0 Å². The fraction of sp³-hybridized carbons (Fsp3) is 0.345. The van der Waals surface area contributed by atoms with Crippen LogP contribution in [0.5, 0.6) is 0 Å². The molecule has 0 aliphatic rings. The minimum Gasteiger partial charge on any atom is -0.343 e. The smallest absolute Gasteiger partial charge is 0.247 e. The molecule has 0 bridgehead atoms. The van der Waals surface area contributed by atoms with Gasteiger partial charge >= 0.3 is 0 Å².